The number of halogens is 3. The highest BCUT2D eigenvalue weighted by Crippen LogP contribution is 2.25. The van der Waals surface area contributed by atoms with Crippen molar-refractivity contribution in [3.05, 3.63) is 29.6 Å². The molecule has 1 aromatic rings. The molecular formula is C10H7F3N2O3. The fourth-order valence-corrected chi connectivity index (χ4v) is 1.56. The molecule has 5 nitrogen and oxygen atoms in total. The van der Waals surface area contributed by atoms with E-state index in [0.29, 0.717) is 4.90 Å². The van der Waals surface area contributed by atoms with Crippen molar-refractivity contribution in [3.8, 4) is 0 Å². The van der Waals surface area contributed by atoms with Crippen LogP contribution in [0.15, 0.2) is 18.3 Å². The molecule has 1 aliphatic rings. The predicted octanol–water partition coefficient (Wildman–Crippen LogP) is 0.601. The first-order valence-electron chi connectivity index (χ1n) is 4.88. The van der Waals surface area contributed by atoms with Crippen molar-refractivity contribution in [2.75, 3.05) is 6.54 Å². The Morgan fingerprint density at radius 3 is 2.56 bits per heavy atom. The van der Waals surface area contributed by atoms with E-state index in [1.807, 2.05) is 0 Å². The summed E-state index contributed by atoms with van der Waals surface area (Å²) in [5, 5.41) is 8.87. The highest BCUT2D eigenvalue weighted by Gasteiger charge is 2.44. The van der Waals surface area contributed by atoms with E-state index in [4.69, 9.17) is 5.11 Å². The molecule has 0 spiro atoms. The van der Waals surface area contributed by atoms with Crippen LogP contribution in [0.25, 0.3) is 0 Å². The summed E-state index contributed by atoms with van der Waals surface area (Å²) in [7, 11) is 0. The standard InChI is InChI=1S/C10H7F3N2O3/c11-10(12,13)6(16)4-15-8(17)5-2-1-3-14-7(5)9(15)18/h1-3,6,16H,4H2. The highest BCUT2D eigenvalue weighted by molar-refractivity contribution is 6.20. The van der Waals surface area contributed by atoms with Crippen LogP contribution in [0.4, 0.5) is 13.2 Å². The van der Waals surface area contributed by atoms with Crippen molar-refractivity contribution < 1.29 is 27.9 Å². The van der Waals surface area contributed by atoms with E-state index in [1.165, 1.54) is 18.3 Å². The summed E-state index contributed by atoms with van der Waals surface area (Å²) >= 11 is 0. The molecule has 2 amide bonds. The zero-order valence-corrected chi connectivity index (χ0v) is 8.81. The molecule has 2 rings (SSSR count). The number of rotatable bonds is 2. The van der Waals surface area contributed by atoms with Gasteiger partial charge in [0, 0.05) is 6.20 Å². The molecular weight excluding hydrogens is 253 g/mol. The molecule has 96 valence electrons. The van der Waals surface area contributed by atoms with Gasteiger partial charge in [-0.1, -0.05) is 0 Å². The number of carbonyl (C=O) groups excluding carboxylic acids is 2. The van der Waals surface area contributed by atoms with Gasteiger partial charge in [0.25, 0.3) is 11.8 Å². The van der Waals surface area contributed by atoms with E-state index < -0.39 is 30.6 Å². The van der Waals surface area contributed by atoms with Crippen molar-refractivity contribution in [2.45, 2.75) is 12.3 Å². The van der Waals surface area contributed by atoms with Crippen molar-refractivity contribution in [3.63, 3.8) is 0 Å². The molecule has 1 N–H and O–H groups in total. The second-order valence-electron chi connectivity index (χ2n) is 3.68. The van der Waals surface area contributed by atoms with Gasteiger partial charge in [0.15, 0.2) is 6.10 Å². The number of aliphatic hydroxyl groups is 1. The lowest BCUT2D eigenvalue weighted by Crippen LogP contribution is -2.43. The van der Waals surface area contributed by atoms with E-state index >= 15 is 0 Å². The first-order chi connectivity index (χ1) is 8.32. The van der Waals surface area contributed by atoms with Gasteiger partial charge < -0.3 is 5.11 Å². The molecule has 0 aliphatic carbocycles. The van der Waals surface area contributed by atoms with Crippen LogP contribution in [0, 0.1) is 0 Å². The Hall–Kier alpha value is -1.96. The van der Waals surface area contributed by atoms with Crippen LogP contribution in [0.1, 0.15) is 20.8 Å². The van der Waals surface area contributed by atoms with E-state index in [9.17, 15) is 22.8 Å². The minimum atomic E-state index is -4.89. The minimum absolute atomic E-state index is 0.0584. The third kappa shape index (κ3) is 1.94. The number of amides is 2. The number of aliphatic hydroxyl groups excluding tert-OH is 1. The van der Waals surface area contributed by atoms with Gasteiger partial charge in [-0.25, -0.2) is 0 Å². The number of aromatic nitrogens is 1. The normalized spacial score (nSPS) is 17.0. The number of carbonyl (C=O) groups is 2. The van der Waals surface area contributed by atoms with Crippen molar-refractivity contribution in [1.82, 2.24) is 9.88 Å². The number of hydrogen-bond donors (Lipinski definition) is 1. The van der Waals surface area contributed by atoms with Gasteiger partial charge in [-0.05, 0) is 12.1 Å². The third-order valence-corrected chi connectivity index (χ3v) is 2.46. The molecule has 8 heteroatoms. The first kappa shape index (κ1) is 12.5. The Balaban J connectivity index is 2.24. The van der Waals surface area contributed by atoms with Crippen LogP contribution >= 0.6 is 0 Å². The number of alkyl halides is 3. The van der Waals surface area contributed by atoms with E-state index in [0.717, 1.165) is 0 Å². The van der Waals surface area contributed by atoms with Crippen LogP contribution in [0.3, 0.4) is 0 Å². The fraction of sp³-hybridized carbons (Fsp3) is 0.300. The summed E-state index contributed by atoms with van der Waals surface area (Å²) in [6.45, 7) is -1.13. The molecule has 0 fully saturated rings. The Bertz CT molecular complexity index is 480. The Labute approximate surface area is 98.8 Å². The molecule has 0 radical (unpaired) electrons. The quantitative estimate of drug-likeness (QED) is 0.790. The van der Waals surface area contributed by atoms with Crippen LogP contribution < -0.4 is 0 Å². The number of hydrogen-bond acceptors (Lipinski definition) is 4. The monoisotopic (exact) mass is 260 g/mol. The SMILES string of the molecule is O=C1c2cccnc2C(=O)N1CC(O)C(F)(F)F. The second-order valence-corrected chi connectivity index (χ2v) is 3.68. The number of fused-ring (bicyclic) bond motifs is 1. The molecule has 0 saturated carbocycles. The first-order valence-corrected chi connectivity index (χ1v) is 4.88. The van der Waals surface area contributed by atoms with Crippen molar-refractivity contribution in [2.24, 2.45) is 0 Å². The topological polar surface area (TPSA) is 70.5 Å². The van der Waals surface area contributed by atoms with E-state index in [2.05, 4.69) is 4.98 Å². The molecule has 0 bridgehead atoms. The van der Waals surface area contributed by atoms with Crippen molar-refractivity contribution in [1.29, 1.82) is 0 Å². The lowest BCUT2D eigenvalue weighted by molar-refractivity contribution is -0.204. The molecule has 1 atom stereocenters. The summed E-state index contributed by atoms with van der Waals surface area (Å²) in [4.78, 5) is 27.3. The fourth-order valence-electron chi connectivity index (χ4n) is 1.56. The smallest absolute Gasteiger partial charge is 0.382 e. The second kappa shape index (κ2) is 4.05. The molecule has 2 heterocycles. The number of β-amino-alcohol motifs (C(OH)–C–C–N with tert-alkyl or cyclic N) is 1. The average Bonchev–Trinajstić information content (AvgIpc) is 2.54. The van der Waals surface area contributed by atoms with Gasteiger partial charge in [-0.3, -0.25) is 19.5 Å². The molecule has 1 unspecified atom stereocenters. The maximum Gasteiger partial charge on any atom is 0.416 e. The largest absolute Gasteiger partial charge is 0.416 e. The highest BCUT2D eigenvalue weighted by atomic mass is 19.4. The van der Waals surface area contributed by atoms with Gasteiger partial charge in [0.05, 0.1) is 12.1 Å². The zero-order valence-electron chi connectivity index (χ0n) is 8.81. The number of pyridine rings is 1. The van der Waals surface area contributed by atoms with Gasteiger partial charge in [0.1, 0.15) is 5.69 Å². The van der Waals surface area contributed by atoms with Crippen LogP contribution in [-0.2, 0) is 0 Å². The van der Waals surface area contributed by atoms with Crippen LogP contribution in [0.5, 0.6) is 0 Å². The summed E-state index contributed by atoms with van der Waals surface area (Å²) in [6.07, 6.45) is -6.39. The van der Waals surface area contributed by atoms with Crippen LogP contribution in [0.2, 0.25) is 0 Å². The van der Waals surface area contributed by atoms with Crippen LogP contribution in [-0.4, -0.2) is 45.6 Å². The maximum atomic E-state index is 12.2. The molecule has 0 saturated heterocycles. The minimum Gasteiger partial charge on any atom is -0.382 e. The maximum absolute atomic E-state index is 12.2. The van der Waals surface area contributed by atoms with Gasteiger partial charge in [-0.15, -0.1) is 0 Å². The predicted molar refractivity (Wildman–Crippen MR) is 51.7 cm³/mol. The lowest BCUT2D eigenvalue weighted by Gasteiger charge is -2.20. The molecule has 18 heavy (non-hydrogen) atoms. The van der Waals surface area contributed by atoms with Crippen molar-refractivity contribution >= 4 is 11.8 Å². The number of nitrogens with zero attached hydrogens (tertiary/aromatic N) is 2. The summed E-state index contributed by atoms with van der Waals surface area (Å²) < 4.78 is 36.5. The van der Waals surface area contributed by atoms with Gasteiger partial charge in [-0.2, -0.15) is 13.2 Å². The summed E-state index contributed by atoms with van der Waals surface area (Å²) in [5.41, 5.74) is -0.256. The number of imide groups is 1. The third-order valence-electron chi connectivity index (χ3n) is 2.46. The molecule has 1 aromatic heterocycles. The Morgan fingerprint density at radius 1 is 1.33 bits per heavy atom. The summed E-state index contributed by atoms with van der Waals surface area (Å²) in [5.74, 6) is -1.81. The molecule has 0 aromatic carbocycles. The summed E-state index contributed by atoms with van der Waals surface area (Å²) in [6, 6.07) is 2.69. The van der Waals surface area contributed by atoms with E-state index in [-0.39, 0.29) is 11.3 Å². The lowest BCUT2D eigenvalue weighted by atomic mass is 10.2. The van der Waals surface area contributed by atoms with Gasteiger partial charge >= 0.3 is 6.18 Å². The Kier molecular flexibility index (Phi) is 2.81. The zero-order chi connectivity index (χ0) is 13.5. The Morgan fingerprint density at radius 2 is 2.00 bits per heavy atom. The van der Waals surface area contributed by atoms with Gasteiger partial charge in [0.2, 0.25) is 0 Å². The molecule has 1 aliphatic heterocycles. The van der Waals surface area contributed by atoms with E-state index in [1.54, 1.807) is 0 Å². The average molecular weight is 260 g/mol.